The quantitative estimate of drug-likeness (QED) is 0.341. The van der Waals surface area contributed by atoms with Crippen molar-refractivity contribution in [3.05, 3.63) is 29.8 Å². The molecular weight excluding hydrogens is 254 g/mol. The Morgan fingerprint density at radius 2 is 2.00 bits per heavy atom. The van der Waals surface area contributed by atoms with E-state index < -0.39 is 0 Å². The van der Waals surface area contributed by atoms with Crippen LogP contribution in [0.3, 0.4) is 0 Å². The number of benzene rings is 1. The van der Waals surface area contributed by atoms with E-state index in [1.54, 1.807) is 24.3 Å². The number of carbonyl (C=O) groups is 1. The number of rotatable bonds is 3. The lowest BCUT2D eigenvalue weighted by molar-refractivity contribution is -0.121. The number of fused-ring (bicyclic) bond motifs is 2. The zero-order chi connectivity index (χ0) is 14.1. The summed E-state index contributed by atoms with van der Waals surface area (Å²) in [6, 6.07) is 7.01. The fourth-order valence-corrected chi connectivity index (χ4v) is 3.58. The van der Waals surface area contributed by atoms with Crippen LogP contribution in [0.25, 0.3) is 0 Å². The summed E-state index contributed by atoms with van der Waals surface area (Å²) in [5.74, 6) is 1.72. The zero-order valence-corrected chi connectivity index (χ0v) is 11.2. The summed E-state index contributed by atoms with van der Waals surface area (Å²) in [6.45, 7) is 0. The van der Waals surface area contributed by atoms with E-state index in [2.05, 4.69) is 10.5 Å². The third-order valence-corrected chi connectivity index (χ3v) is 4.63. The van der Waals surface area contributed by atoms with Crippen molar-refractivity contribution >= 4 is 17.4 Å². The van der Waals surface area contributed by atoms with Gasteiger partial charge in [0, 0.05) is 17.2 Å². The van der Waals surface area contributed by atoms with Crippen molar-refractivity contribution < 1.29 is 10.0 Å². The Bertz CT molecular complexity index is 539. The largest absolute Gasteiger partial charge is 0.409 e. The minimum atomic E-state index is 0.0657. The number of amidine groups is 1. The molecule has 5 heteroatoms. The maximum absolute atomic E-state index is 12.3. The lowest BCUT2D eigenvalue weighted by Gasteiger charge is -2.20. The molecule has 106 valence electrons. The molecule has 2 fully saturated rings. The number of nitrogens with two attached hydrogens (primary N) is 1. The van der Waals surface area contributed by atoms with E-state index >= 15 is 0 Å². The van der Waals surface area contributed by atoms with Crippen LogP contribution >= 0.6 is 0 Å². The molecule has 3 rings (SSSR count). The number of nitrogens with one attached hydrogen (secondary N) is 1. The molecule has 2 bridgehead atoms. The van der Waals surface area contributed by atoms with Crippen LogP contribution < -0.4 is 11.1 Å². The smallest absolute Gasteiger partial charge is 0.227 e. The Hall–Kier alpha value is -2.04. The minimum absolute atomic E-state index is 0.0657. The Balaban J connectivity index is 1.64. The van der Waals surface area contributed by atoms with Crippen molar-refractivity contribution in [3.63, 3.8) is 0 Å². The van der Waals surface area contributed by atoms with Gasteiger partial charge in [-0.15, -0.1) is 0 Å². The maximum atomic E-state index is 12.3. The molecule has 1 aromatic carbocycles. The van der Waals surface area contributed by atoms with E-state index in [4.69, 9.17) is 10.9 Å². The Morgan fingerprint density at radius 1 is 1.25 bits per heavy atom. The van der Waals surface area contributed by atoms with Crippen LogP contribution in [-0.2, 0) is 4.79 Å². The van der Waals surface area contributed by atoms with Crippen molar-refractivity contribution in [2.45, 2.75) is 25.7 Å². The molecule has 0 spiro atoms. The first-order chi connectivity index (χ1) is 9.67. The molecular formula is C15H19N3O2. The Morgan fingerprint density at radius 3 is 2.55 bits per heavy atom. The first kappa shape index (κ1) is 13.0. The first-order valence-electron chi connectivity index (χ1n) is 7.06. The summed E-state index contributed by atoms with van der Waals surface area (Å²) in [5.41, 5.74) is 6.89. The highest BCUT2D eigenvalue weighted by Gasteiger charge is 2.42. The van der Waals surface area contributed by atoms with Gasteiger partial charge in [0.05, 0.1) is 0 Å². The number of hydrogen-bond donors (Lipinski definition) is 3. The number of oxime groups is 1. The third-order valence-electron chi connectivity index (χ3n) is 4.63. The monoisotopic (exact) mass is 273 g/mol. The molecule has 1 aromatic rings. The van der Waals surface area contributed by atoms with E-state index in [0.717, 1.165) is 18.0 Å². The molecule has 0 aromatic heterocycles. The molecule has 0 heterocycles. The van der Waals surface area contributed by atoms with Gasteiger partial charge in [-0.05, 0) is 55.4 Å². The van der Waals surface area contributed by atoms with Crippen molar-refractivity contribution in [2.24, 2.45) is 28.6 Å². The lowest BCUT2D eigenvalue weighted by Crippen LogP contribution is -2.27. The maximum Gasteiger partial charge on any atom is 0.227 e. The molecule has 0 saturated heterocycles. The zero-order valence-electron chi connectivity index (χ0n) is 11.2. The van der Waals surface area contributed by atoms with Gasteiger partial charge in [-0.1, -0.05) is 11.6 Å². The van der Waals surface area contributed by atoms with Crippen molar-refractivity contribution in [3.8, 4) is 0 Å². The van der Waals surface area contributed by atoms with E-state index in [-0.39, 0.29) is 17.7 Å². The second-order valence-electron chi connectivity index (χ2n) is 5.83. The molecule has 1 amide bonds. The van der Waals surface area contributed by atoms with Crippen molar-refractivity contribution in [1.82, 2.24) is 0 Å². The van der Waals surface area contributed by atoms with Crippen LogP contribution in [0.5, 0.6) is 0 Å². The van der Waals surface area contributed by atoms with Gasteiger partial charge >= 0.3 is 0 Å². The van der Waals surface area contributed by atoms with E-state index in [1.807, 2.05) is 0 Å². The van der Waals surface area contributed by atoms with Crippen LogP contribution in [0, 0.1) is 17.8 Å². The van der Waals surface area contributed by atoms with Gasteiger partial charge in [-0.25, -0.2) is 0 Å². The van der Waals surface area contributed by atoms with Gasteiger partial charge in [0.1, 0.15) is 0 Å². The number of anilines is 1. The highest BCUT2D eigenvalue weighted by Crippen LogP contribution is 2.48. The molecule has 5 nitrogen and oxygen atoms in total. The van der Waals surface area contributed by atoms with Crippen LogP contribution in [0.4, 0.5) is 5.69 Å². The summed E-state index contributed by atoms with van der Waals surface area (Å²) < 4.78 is 0. The van der Waals surface area contributed by atoms with Crippen LogP contribution in [0.2, 0.25) is 0 Å². The topological polar surface area (TPSA) is 87.7 Å². The Labute approximate surface area is 117 Å². The third kappa shape index (κ3) is 2.35. The summed E-state index contributed by atoms with van der Waals surface area (Å²) in [7, 11) is 0. The van der Waals surface area contributed by atoms with Gasteiger partial charge in [0.15, 0.2) is 5.84 Å². The SMILES string of the molecule is N/C(=N/O)c1ccc(NC(=O)C2CC3CCC2C3)cc1. The van der Waals surface area contributed by atoms with Crippen LogP contribution in [-0.4, -0.2) is 17.0 Å². The van der Waals surface area contributed by atoms with Gasteiger partial charge in [0.25, 0.3) is 0 Å². The Kier molecular flexibility index (Phi) is 3.34. The first-order valence-corrected chi connectivity index (χ1v) is 7.06. The van der Waals surface area contributed by atoms with Crippen molar-refractivity contribution in [2.75, 3.05) is 5.32 Å². The predicted molar refractivity (Wildman–Crippen MR) is 76.5 cm³/mol. The summed E-state index contributed by atoms with van der Waals surface area (Å²) >= 11 is 0. The van der Waals surface area contributed by atoms with Gasteiger partial charge in [0.2, 0.25) is 5.91 Å². The molecule has 2 aliphatic rings. The second kappa shape index (κ2) is 5.15. The summed E-state index contributed by atoms with van der Waals surface area (Å²) in [4.78, 5) is 12.3. The second-order valence-corrected chi connectivity index (χ2v) is 5.83. The number of carbonyl (C=O) groups excluding carboxylic acids is 1. The summed E-state index contributed by atoms with van der Waals surface area (Å²) in [5, 5.41) is 14.5. The van der Waals surface area contributed by atoms with Crippen LogP contribution in [0.15, 0.2) is 29.4 Å². The average molecular weight is 273 g/mol. The molecule has 2 saturated carbocycles. The van der Waals surface area contributed by atoms with Gasteiger partial charge in [-0.2, -0.15) is 0 Å². The fraction of sp³-hybridized carbons (Fsp3) is 0.467. The molecule has 3 atom stereocenters. The van der Waals surface area contributed by atoms with Crippen molar-refractivity contribution in [1.29, 1.82) is 0 Å². The number of amides is 1. The summed E-state index contributed by atoms with van der Waals surface area (Å²) in [6.07, 6.45) is 4.76. The molecule has 2 aliphatic carbocycles. The highest BCUT2D eigenvalue weighted by molar-refractivity contribution is 5.98. The normalized spacial score (nSPS) is 28.6. The van der Waals surface area contributed by atoms with E-state index in [0.29, 0.717) is 11.5 Å². The average Bonchev–Trinajstić information content (AvgIpc) is 3.10. The number of hydrogen-bond acceptors (Lipinski definition) is 3. The molecule has 0 radical (unpaired) electrons. The van der Waals surface area contributed by atoms with E-state index in [9.17, 15) is 4.79 Å². The molecule has 4 N–H and O–H groups in total. The lowest BCUT2D eigenvalue weighted by atomic mass is 9.88. The fourth-order valence-electron chi connectivity index (χ4n) is 3.58. The highest BCUT2D eigenvalue weighted by atomic mass is 16.4. The van der Waals surface area contributed by atoms with Gasteiger partial charge < -0.3 is 16.3 Å². The molecule has 20 heavy (non-hydrogen) atoms. The van der Waals surface area contributed by atoms with Crippen LogP contribution in [0.1, 0.15) is 31.2 Å². The molecule has 0 aliphatic heterocycles. The van der Waals surface area contributed by atoms with Gasteiger partial charge in [-0.3, -0.25) is 4.79 Å². The minimum Gasteiger partial charge on any atom is -0.409 e. The van der Waals surface area contributed by atoms with E-state index in [1.165, 1.54) is 19.3 Å². The molecule has 3 unspecified atom stereocenters. The standard InChI is InChI=1S/C15H19N3O2/c16-14(18-20)10-3-5-12(6-4-10)17-15(19)13-8-9-1-2-11(13)7-9/h3-6,9,11,13,20H,1-2,7-8H2,(H2,16,18)(H,17,19). The number of nitrogens with zero attached hydrogens (tertiary/aromatic N) is 1. The predicted octanol–water partition coefficient (Wildman–Crippen LogP) is 2.16.